The van der Waals surface area contributed by atoms with Gasteiger partial charge in [0.05, 0.1) is 6.54 Å². The van der Waals surface area contributed by atoms with E-state index in [0.29, 0.717) is 29.4 Å². The highest BCUT2D eigenvalue weighted by atomic mass is 16.4. The Hall–Kier alpha value is -1.29. The predicted octanol–water partition coefficient (Wildman–Crippen LogP) is 2.81. The maximum Gasteiger partial charge on any atom is 0.339 e. The van der Waals surface area contributed by atoms with Gasteiger partial charge in [-0.05, 0) is 37.2 Å². The third-order valence-corrected chi connectivity index (χ3v) is 4.09. The Labute approximate surface area is 107 Å². The molecule has 0 aliphatic heterocycles. The van der Waals surface area contributed by atoms with Crippen molar-refractivity contribution in [3.63, 3.8) is 0 Å². The lowest BCUT2D eigenvalue weighted by atomic mass is 9.92. The summed E-state index contributed by atoms with van der Waals surface area (Å²) in [6.45, 7) is 7.78. The first-order valence-corrected chi connectivity index (χ1v) is 6.48. The molecular formula is C14H21NO3. The van der Waals surface area contributed by atoms with Gasteiger partial charge in [-0.2, -0.15) is 0 Å². The molecule has 0 saturated heterocycles. The van der Waals surface area contributed by atoms with Crippen LogP contribution in [0.15, 0.2) is 10.5 Å². The number of rotatable bonds is 6. The third-order valence-electron chi connectivity index (χ3n) is 4.09. The van der Waals surface area contributed by atoms with Gasteiger partial charge in [0.1, 0.15) is 17.1 Å². The molecule has 4 heteroatoms. The van der Waals surface area contributed by atoms with Crippen LogP contribution in [-0.4, -0.2) is 17.6 Å². The van der Waals surface area contributed by atoms with Crippen LogP contribution in [0.2, 0.25) is 0 Å². The van der Waals surface area contributed by atoms with Crippen LogP contribution >= 0.6 is 0 Å². The molecular weight excluding hydrogens is 230 g/mol. The van der Waals surface area contributed by atoms with Gasteiger partial charge in [0.15, 0.2) is 0 Å². The highest BCUT2D eigenvalue weighted by molar-refractivity contribution is 5.88. The summed E-state index contributed by atoms with van der Waals surface area (Å²) in [5.41, 5.74) is 0.717. The zero-order valence-electron chi connectivity index (χ0n) is 11.2. The van der Waals surface area contributed by atoms with E-state index in [1.807, 2.05) is 0 Å². The second-order valence-corrected chi connectivity index (χ2v) is 5.61. The Morgan fingerprint density at radius 3 is 2.67 bits per heavy atom. The van der Waals surface area contributed by atoms with E-state index in [0.717, 1.165) is 6.54 Å². The Bertz CT molecular complexity index is 444. The number of hydrogen-bond donors (Lipinski definition) is 2. The van der Waals surface area contributed by atoms with Crippen molar-refractivity contribution in [2.75, 3.05) is 6.54 Å². The zero-order valence-corrected chi connectivity index (χ0v) is 11.2. The van der Waals surface area contributed by atoms with Crippen molar-refractivity contribution in [2.45, 2.75) is 40.2 Å². The second-order valence-electron chi connectivity index (χ2n) is 5.61. The monoisotopic (exact) mass is 251 g/mol. The van der Waals surface area contributed by atoms with Crippen molar-refractivity contribution < 1.29 is 14.3 Å². The molecule has 1 heterocycles. The molecule has 1 aromatic heterocycles. The molecule has 1 aliphatic rings. The number of aromatic carboxylic acids is 1. The van der Waals surface area contributed by atoms with E-state index in [1.54, 1.807) is 13.0 Å². The minimum Gasteiger partial charge on any atom is -0.478 e. The number of hydrogen-bond acceptors (Lipinski definition) is 3. The van der Waals surface area contributed by atoms with Gasteiger partial charge in [-0.1, -0.05) is 13.8 Å². The average molecular weight is 251 g/mol. The van der Waals surface area contributed by atoms with Crippen molar-refractivity contribution in [2.24, 2.45) is 11.3 Å². The molecule has 1 fully saturated rings. The molecule has 0 unspecified atom stereocenters. The van der Waals surface area contributed by atoms with E-state index in [9.17, 15) is 4.79 Å². The summed E-state index contributed by atoms with van der Waals surface area (Å²) in [6, 6.07) is 1.61. The fourth-order valence-electron chi connectivity index (χ4n) is 2.40. The van der Waals surface area contributed by atoms with E-state index in [-0.39, 0.29) is 5.56 Å². The molecule has 18 heavy (non-hydrogen) atoms. The molecule has 0 amide bonds. The maximum atomic E-state index is 10.9. The van der Waals surface area contributed by atoms with E-state index in [2.05, 4.69) is 19.2 Å². The zero-order chi connectivity index (χ0) is 13.3. The Morgan fingerprint density at radius 2 is 2.22 bits per heavy atom. The van der Waals surface area contributed by atoms with Crippen LogP contribution in [0.5, 0.6) is 0 Å². The fraction of sp³-hybridized carbons (Fsp3) is 0.643. The van der Waals surface area contributed by atoms with Crippen LogP contribution in [0, 0.1) is 18.3 Å². The summed E-state index contributed by atoms with van der Waals surface area (Å²) in [7, 11) is 0. The molecule has 0 aromatic carbocycles. The lowest BCUT2D eigenvalue weighted by molar-refractivity contribution is 0.0695. The molecule has 1 aromatic rings. The van der Waals surface area contributed by atoms with E-state index in [4.69, 9.17) is 9.52 Å². The summed E-state index contributed by atoms with van der Waals surface area (Å²) in [5.74, 6) is 0.940. The highest BCUT2D eigenvalue weighted by Crippen LogP contribution is 2.51. The summed E-state index contributed by atoms with van der Waals surface area (Å²) < 4.78 is 5.43. The molecule has 0 spiro atoms. The highest BCUT2D eigenvalue weighted by Gasteiger charge is 2.44. The van der Waals surface area contributed by atoms with Gasteiger partial charge < -0.3 is 14.8 Å². The Balaban J connectivity index is 1.87. The van der Waals surface area contributed by atoms with Gasteiger partial charge in [-0.15, -0.1) is 0 Å². The molecule has 0 radical (unpaired) electrons. The van der Waals surface area contributed by atoms with Crippen molar-refractivity contribution in [1.82, 2.24) is 5.32 Å². The first-order valence-electron chi connectivity index (χ1n) is 6.48. The topological polar surface area (TPSA) is 62.5 Å². The summed E-state index contributed by atoms with van der Waals surface area (Å²) in [5, 5.41) is 12.3. The quantitative estimate of drug-likeness (QED) is 0.816. The average Bonchev–Trinajstić information content (AvgIpc) is 2.97. The summed E-state index contributed by atoms with van der Waals surface area (Å²) in [4.78, 5) is 10.9. The number of nitrogens with one attached hydrogen (secondary N) is 1. The van der Waals surface area contributed by atoms with Gasteiger partial charge in [0.25, 0.3) is 0 Å². The standard InChI is InChI=1S/C14H21NO3/c1-9(2)14(4-5-14)8-15-7-11-6-12(13(16)17)10(3)18-11/h6,9,15H,4-5,7-8H2,1-3H3,(H,16,17). The van der Waals surface area contributed by atoms with E-state index < -0.39 is 5.97 Å². The van der Waals surface area contributed by atoms with Crippen LogP contribution in [0.3, 0.4) is 0 Å². The summed E-state index contributed by atoms with van der Waals surface area (Å²) >= 11 is 0. The summed E-state index contributed by atoms with van der Waals surface area (Å²) in [6.07, 6.45) is 2.57. The van der Waals surface area contributed by atoms with Crippen LogP contribution in [0.4, 0.5) is 0 Å². The molecule has 4 nitrogen and oxygen atoms in total. The second kappa shape index (κ2) is 4.76. The predicted molar refractivity (Wildman–Crippen MR) is 68.6 cm³/mol. The minimum absolute atomic E-state index is 0.261. The number of carboxylic acids is 1. The van der Waals surface area contributed by atoms with E-state index >= 15 is 0 Å². The molecule has 2 N–H and O–H groups in total. The molecule has 100 valence electrons. The number of aryl methyl sites for hydroxylation is 1. The lowest BCUT2D eigenvalue weighted by Crippen LogP contribution is -2.27. The first kappa shape index (κ1) is 13.1. The van der Waals surface area contributed by atoms with Crippen molar-refractivity contribution in [1.29, 1.82) is 0 Å². The van der Waals surface area contributed by atoms with Gasteiger partial charge in [-0.3, -0.25) is 0 Å². The fourth-order valence-corrected chi connectivity index (χ4v) is 2.40. The molecule has 0 bridgehead atoms. The van der Waals surface area contributed by atoms with Crippen LogP contribution in [0.25, 0.3) is 0 Å². The largest absolute Gasteiger partial charge is 0.478 e. The van der Waals surface area contributed by atoms with Crippen molar-refractivity contribution in [3.05, 3.63) is 23.2 Å². The smallest absolute Gasteiger partial charge is 0.339 e. The van der Waals surface area contributed by atoms with Crippen molar-refractivity contribution in [3.8, 4) is 0 Å². The van der Waals surface area contributed by atoms with Gasteiger partial charge in [0, 0.05) is 6.54 Å². The third kappa shape index (κ3) is 2.58. The van der Waals surface area contributed by atoms with Gasteiger partial charge >= 0.3 is 5.97 Å². The number of carboxylic acid groups (broad SMARTS) is 1. The number of furan rings is 1. The van der Waals surface area contributed by atoms with Gasteiger partial charge in [0.2, 0.25) is 0 Å². The van der Waals surface area contributed by atoms with Crippen molar-refractivity contribution >= 4 is 5.97 Å². The number of carbonyl (C=O) groups is 1. The Kier molecular flexibility index (Phi) is 3.48. The Morgan fingerprint density at radius 1 is 1.56 bits per heavy atom. The van der Waals surface area contributed by atoms with Crippen LogP contribution < -0.4 is 5.32 Å². The molecule has 0 atom stereocenters. The van der Waals surface area contributed by atoms with Crippen LogP contribution in [-0.2, 0) is 6.54 Å². The normalized spacial score (nSPS) is 17.1. The molecule has 1 aliphatic carbocycles. The van der Waals surface area contributed by atoms with Gasteiger partial charge in [-0.25, -0.2) is 4.79 Å². The minimum atomic E-state index is -0.927. The molecule has 2 rings (SSSR count). The first-order chi connectivity index (χ1) is 8.44. The maximum absolute atomic E-state index is 10.9. The van der Waals surface area contributed by atoms with Crippen LogP contribution in [0.1, 0.15) is 48.6 Å². The van der Waals surface area contributed by atoms with E-state index in [1.165, 1.54) is 12.8 Å². The SMILES string of the molecule is Cc1oc(CNCC2(C(C)C)CC2)cc1C(=O)O. The molecule has 1 saturated carbocycles. The lowest BCUT2D eigenvalue weighted by Gasteiger charge is -2.19.